The largest absolute Gasteiger partial charge is 0.496 e. The van der Waals surface area contributed by atoms with Crippen molar-refractivity contribution in [1.29, 1.82) is 0 Å². The Morgan fingerprint density at radius 3 is 2.41 bits per heavy atom. The number of carbonyl (C=O) groups is 2. The molecular formula is C25H27ClO6. The highest BCUT2D eigenvalue weighted by atomic mass is 35.5. The van der Waals surface area contributed by atoms with Gasteiger partial charge >= 0.3 is 0 Å². The summed E-state index contributed by atoms with van der Waals surface area (Å²) in [6.07, 6.45) is 1.66. The van der Waals surface area contributed by atoms with Gasteiger partial charge in [0, 0.05) is 18.6 Å². The van der Waals surface area contributed by atoms with E-state index in [1.165, 1.54) is 27.4 Å². The zero-order valence-corrected chi connectivity index (χ0v) is 19.6. The van der Waals surface area contributed by atoms with Crippen LogP contribution in [0.3, 0.4) is 0 Å². The second-order valence-corrected chi connectivity index (χ2v) is 8.13. The molecule has 3 rings (SSSR count). The molecule has 2 atom stereocenters. The number of rotatable bonds is 8. The fourth-order valence-electron chi connectivity index (χ4n) is 3.95. The molecule has 0 saturated carbocycles. The van der Waals surface area contributed by atoms with Crippen molar-refractivity contribution in [2.24, 2.45) is 11.8 Å². The van der Waals surface area contributed by atoms with E-state index in [4.69, 9.17) is 30.5 Å². The average molecular weight is 459 g/mol. The number of hydrogen-bond acceptors (Lipinski definition) is 6. The van der Waals surface area contributed by atoms with E-state index in [9.17, 15) is 9.59 Å². The molecule has 0 amide bonds. The summed E-state index contributed by atoms with van der Waals surface area (Å²) in [6.45, 7) is 4.09. The molecule has 0 spiro atoms. The molecule has 0 bridgehead atoms. The van der Waals surface area contributed by atoms with E-state index in [2.05, 4.69) is 0 Å². The Morgan fingerprint density at radius 2 is 1.78 bits per heavy atom. The zero-order valence-electron chi connectivity index (χ0n) is 18.9. The summed E-state index contributed by atoms with van der Waals surface area (Å²) in [4.78, 5) is 26.1. The molecule has 0 aromatic heterocycles. The Bertz CT molecular complexity index is 1060. The monoisotopic (exact) mass is 458 g/mol. The highest BCUT2D eigenvalue weighted by Gasteiger charge is 2.39. The molecule has 1 aliphatic carbocycles. The Balaban J connectivity index is 2.03. The quantitative estimate of drug-likeness (QED) is 0.507. The van der Waals surface area contributed by atoms with Crippen LogP contribution in [0, 0.1) is 18.8 Å². The van der Waals surface area contributed by atoms with Crippen LogP contribution in [-0.2, 0) is 16.1 Å². The van der Waals surface area contributed by atoms with Crippen molar-refractivity contribution in [2.75, 3.05) is 21.3 Å². The Kier molecular flexibility index (Phi) is 7.46. The van der Waals surface area contributed by atoms with E-state index in [0.717, 1.165) is 11.1 Å². The lowest BCUT2D eigenvalue weighted by atomic mass is 9.78. The highest BCUT2D eigenvalue weighted by molar-refractivity contribution is 6.34. The van der Waals surface area contributed by atoms with Crippen LogP contribution in [0.5, 0.6) is 17.2 Å². The first-order valence-electron chi connectivity index (χ1n) is 10.3. The number of hydrogen-bond donors (Lipinski definition) is 0. The maximum atomic E-state index is 13.8. The topological polar surface area (TPSA) is 71.1 Å². The minimum absolute atomic E-state index is 0.0759. The van der Waals surface area contributed by atoms with Crippen molar-refractivity contribution in [3.05, 3.63) is 63.9 Å². The fourth-order valence-corrected chi connectivity index (χ4v) is 4.26. The zero-order chi connectivity index (χ0) is 23.4. The first-order valence-corrected chi connectivity index (χ1v) is 10.6. The minimum atomic E-state index is -0.691. The standard InChI is InChI=1S/C25H27ClO6/c1-14-8-6-7-9-16(14)13-32-19-11-17(27)10-15(2)21(19)24(28)22-18(29-3)12-20(30-4)23(26)25(22)31-5/h6-9,11-12,15,21H,10,13H2,1-5H3. The molecule has 32 heavy (non-hydrogen) atoms. The lowest BCUT2D eigenvalue weighted by Crippen LogP contribution is -2.31. The Hall–Kier alpha value is -2.99. The van der Waals surface area contributed by atoms with Crippen LogP contribution in [0.4, 0.5) is 0 Å². The smallest absolute Gasteiger partial charge is 0.181 e. The third kappa shape index (κ3) is 4.60. The van der Waals surface area contributed by atoms with Gasteiger partial charge in [-0.3, -0.25) is 9.59 Å². The summed E-state index contributed by atoms with van der Waals surface area (Å²) in [5, 5.41) is 0.171. The molecule has 2 unspecified atom stereocenters. The predicted molar refractivity (Wildman–Crippen MR) is 122 cm³/mol. The Morgan fingerprint density at radius 1 is 1.09 bits per heavy atom. The average Bonchev–Trinajstić information content (AvgIpc) is 2.77. The fraction of sp³-hybridized carbons (Fsp3) is 0.360. The molecule has 2 aromatic carbocycles. The van der Waals surface area contributed by atoms with Crippen LogP contribution in [0.1, 0.15) is 34.8 Å². The molecule has 6 nitrogen and oxygen atoms in total. The molecule has 0 aliphatic heterocycles. The predicted octanol–water partition coefficient (Wildman–Crippen LogP) is 5.18. The van der Waals surface area contributed by atoms with E-state index in [1.807, 2.05) is 38.1 Å². The van der Waals surface area contributed by atoms with Crippen molar-refractivity contribution in [1.82, 2.24) is 0 Å². The van der Waals surface area contributed by atoms with Gasteiger partial charge in [-0.05, 0) is 24.0 Å². The van der Waals surface area contributed by atoms with Gasteiger partial charge in [0.25, 0.3) is 0 Å². The minimum Gasteiger partial charge on any atom is -0.496 e. The van der Waals surface area contributed by atoms with Gasteiger partial charge in [-0.15, -0.1) is 0 Å². The summed E-state index contributed by atoms with van der Waals surface area (Å²) in [5.41, 5.74) is 2.24. The van der Waals surface area contributed by atoms with Gasteiger partial charge in [-0.25, -0.2) is 0 Å². The number of benzene rings is 2. The number of aryl methyl sites for hydroxylation is 1. The number of Topliss-reactive ketones (excluding diaryl/α,β-unsaturated/α-hetero) is 1. The van der Waals surface area contributed by atoms with Gasteiger partial charge < -0.3 is 18.9 Å². The van der Waals surface area contributed by atoms with Crippen LogP contribution < -0.4 is 14.2 Å². The van der Waals surface area contributed by atoms with Crippen LogP contribution in [-0.4, -0.2) is 32.9 Å². The molecule has 2 aromatic rings. The van der Waals surface area contributed by atoms with Gasteiger partial charge in [0.2, 0.25) is 0 Å². The molecule has 170 valence electrons. The second-order valence-electron chi connectivity index (χ2n) is 7.75. The van der Waals surface area contributed by atoms with Crippen molar-refractivity contribution in [3.63, 3.8) is 0 Å². The third-order valence-corrected chi connectivity index (χ3v) is 6.04. The third-order valence-electron chi connectivity index (χ3n) is 5.68. The van der Waals surface area contributed by atoms with Gasteiger partial charge in [0.15, 0.2) is 17.3 Å². The molecule has 7 heteroatoms. The van der Waals surface area contributed by atoms with Crippen molar-refractivity contribution in [3.8, 4) is 17.2 Å². The SMILES string of the molecule is COc1cc(OC)c(C(=O)C2C(OCc3ccccc3C)=CC(=O)CC2C)c(OC)c1Cl. The molecular weight excluding hydrogens is 432 g/mol. The number of methoxy groups -OCH3 is 3. The van der Waals surface area contributed by atoms with E-state index in [1.54, 1.807) is 6.07 Å². The summed E-state index contributed by atoms with van der Waals surface area (Å²) in [7, 11) is 4.35. The first kappa shape index (κ1) is 23.7. The summed E-state index contributed by atoms with van der Waals surface area (Å²) >= 11 is 6.42. The molecule has 0 heterocycles. The van der Waals surface area contributed by atoms with Gasteiger partial charge in [0.1, 0.15) is 34.5 Å². The number of allylic oxidation sites excluding steroid dienone is 2. The normalized spacial score (nSPS) is 18.1. The van der Waals surface area contributed by atoms with Crippen molar-refractivity contribution >= 4 is 23.2 Å². The molecule has 0 saturated heterocycles. The van der Waals surface area contributed by atoms with Gasteiger partial charge in [0.05, 0.1) is 27.2 Å². The maximum Gasteiger partial charge on any atom is 0.181 e. The van der Waals surface area contributed by atoms with Crippen LogP contribution >= 0.6 is 11.6 Å². The van der Waals surface area contributed by atoms with Crippen LogP contribution in [0.25, 0.3) is 0 Å². The van der Waals surface area contributed by atoms with Crippen LogP contribution in [0.15, 0.2) is 42.2 Å². The lowest BCUT2D eigenvalue weighted by Gasteiger charge is -2.29. The van der Waals surface area contributed by atoms with Crippen LogP contribution in [0.2, 0.25) is 5.02 Å². The summed E-state index contributed by atoms with van der Waals surface area (Å²) in [5.74, 6) is -0.238. The van der Waals surface area contributed by atoms with E-state index in [-0.39, 0.29) is 52.6 Å². The first-order chi connectivity index (χ1) is 15.3. The van der Waals surface area contributed by atoms with E-state index < -0.39 is 5.92 Å². The molecule has 0 fully saturated rings. The highest BCUT2D eigenvalue weighted by Crippen LogP contribution is 2.45. The summed E-state index contributed by atoms with van der Waals surface area (Å²) < 4.78 is 22.3. The Labute approximate surface area is 193 Å². The van der Waals surface area contributed by atoms with Gasteiger partial charge in [-0.1, -0.05) is 42.8 Å². The molecule has 0 radical (unpaired) electrons. The number of halogens is 1. The van der Waals surface area contributed by atoms with Crippen molar-refractivity contribution < 1.29 is 28.5 Å². The van der Waals surface area contributed by atoms with E-state index >= 15 is 0 Å². The van der Waals surface area contributed by atoms with Gasteiger partial charge in [-0.2, -0.15) is 0 Å². The molecule has 0 N–H and O–H groups in total. The van der Waals surface area contributed by atoms with Crippen molar-refractivity contribution in [2.45, 2.75) is 26.9 Å². The number of ketones is 2. The summed E-state index contributed by atoms with van der Waals surface area (Å²) in [6, 6.07) is 9.36. The maximum absolute atomic E-state index is 13.8. The number of ether oxygens (including phenoxy) is 4. The molecule has 1 aliphatic rings. The van der Waals surface area contributed by atoms with E-state index in [0.29, 0.717) is 11.5 Å². The number of carbonyl (C=O) groups excluding carboxylic acids is 2. The lowest BCUT2D eigenvalue weighted by molar-refractivity contribution is -0.116. The second kappa shape index (κ2) is 10.1.